The summed E-state index contributed by atoms with van der Waals surface area (Å²) >= 11 is 0. The lowest BCUT2D eigenvalue weighted by Crippen LogP contribution is -2.26. The van der Waals surface area contributed by atoms with Crippen LogP contribution >= 0.6 is 0 Å². The van der Waals surface area contributed by atoms with E-state index in [1.807, 2.05) is 12.1 Å². The zero-order valence-electron chi connectivity index (χ0n) is 19.6. The molecule has 10 heteroatoms. The van der Waals surface area contributed by atoms with Crippen LogP contribution in [0.15, 0.2) is 60.9 Å². The predicted octanol–water partition coefficient (Wildman–Crippen LogP) is 5.10. The van der Waals surface area contributed by atoms with Gasteiger partial charge in [-0.3, -0.25) is 9.59 Å². The molecule has 0 aliphatic heterocycles. The molecule has 0 spiro atoms. The molecule has 36 heavy (non-hydrogen) atoms. The Morgan fingerprint density at radius 3 is 2.39 bits per heavy atom. The van der Waals surface area contributed by atoms with E-state index >= 15 is 0 Å². The molecule has 1 heterocycles. The van der Waals surface area contributed by atoms with Crippen LogP contribution in [0, 0.1) is 5.92 Å². The third-order valence-corrected chi connectivity index (χ3v) is 5.92. The van der Waals surface area contributed by atoms with Gasteiger partial charge in [0.05, 0.1) is 31.0 Å². The Kier molecular flexibility index (Phi) is 7.61. The van der Waals surface area contributed by atoms with Gasteiger partial charge in [-0.25, -0.2) is 4.68 Å². The largest absolute Gasteiger partial charge is 0.486 e. The van der Waals surface area contributed by atoms with Gasteiger partial charge in [-0.2, -0.15) is 18.3 Å². The monoisotopic (exact) mass is 501 g/mol. The predicted molar refractivity (Wildman–Crippen MR) is 125 cm³/mol. The SMILES string of the molecule is COC(=O)CCNC(=O)c1ccc(C(CC2CC2)Oc2ccc(-n3cc(C(F)(F)F)cn3)cc2)cc1. The van der Waals surface area contributed by atoms with Crippen LogP contribution in [0.1, 0.15) is 53.3 Å². The van der Waals surface area contributed by atoms with Crippen molar-refractivity contribution in [2.75, 3.05) is 13.7 Å². The molecule has 190 valence electrons. The Hall–Kier alpha value is -3.82. The topological polar surface area (TPSA) is 82.5 Å². The van der Waals surface area contributed by atoms with Crippen molar-refractivity contribution in [2.24, 2.45) is 5.92 Å². The van der Waals surface area contributed by atoms with E-state index < -0.39 is 17.7 Å². The Bertz CT molecular complexity index is 1190. The van der Waals surface area contributed by atoms with Crippen LogP contribution in [-0.4, -0.2) is 35.3 Å². The molecule has 1 aliphatic carbocycles. The number of benzene rings is 2. The third-order valence-electron chi connectivity index (χ3n) is 5.92. The Balaban J connectivity index is 1.41. The molecule has 1 amide bonds. The highest BCUT2D eigenvalue weighted by atomic mass is 19.4. The summed E-state index contributed by atoms with van der Waals surface area (Å²) < 4.78 is 50.5. The minimum absolute atomic E-state index is 0.0975. The maximum absolute atomic E-state index is 12.8. The number of carbonyl (C=O) groups excluding carboxylic acids is 2. The molecule has 1 saturated carbocycles. The second-order valence-electron chi connectivity index (χ2n) is 8.65. The van der Waals surface area contributed by atoms with E-state index in [1.54, 1.807) is 36.4 Å². The van der Waals surface area contributed by atoms with Crippen molar-refractivity contribution in [1.29, 1.82) is 0 Å². The number of alkyl halides is 3. The molecule has 4 rings (SSSR count). The zero-order chi connectivity index (χ0) is 25.7. The minimum Gasteiger partial charge on any atom is -0.486 e. The number of nitrogens with one attached hydrogen (secondary N) is 1. The summed E-state index contributed by atoms with van der Waals surface area (Å²) in [6, 6.07) is 13.8. The molecule has 1 N–H and O–H groups in total. The van der Waals surface area contributed by atoms with Gasteiger partial charge in [0.25, 0.3) is 5.91 Å². The zero-order valence-corrected chi connectivity index (χ0v) is 19.6. The number of rotatable bonds is 10. The van der Waals surface area contributed by atoms with Crippen LogP contribution in [0.4, 0.5) is 13.2 Å². The second-order valence-corrected chi connectivity index (χ2v) is 8.65. The molecule has 0 saturated heterocycles. The van der Waals surface area contributed by atoms with Gasteiger partial charge in [0.1, 0.15) is 11.9 Å². The fourth-order valence-corrected chi connectivity index (χ4v) is 3.69. The molecule has 1 aromatic heterocycles. The first kappa shape index (κ1) is 25.3. The van der Waals surface area contributed by atoms with Crippen LogP contribution < -0.4 is 10.1 Å². The van der Waals surface area contributed by atoms with Gasteiger partial charge in [-0.15, -0.1) is 0 Å². The average molecular weight is 502 g/mol. The van der Waals surface area contributed by atoms with Gasteiger partial charge in [0.2, 0.25) is 0 Å². The first-order valence-electron chi connectivity index (χ1n) is 11.6. The number of hydrogen-bond donors (Lipinski definition) is 1. The highest BCUT2D eigenvalue weighted by molar-refractivity contribution is 5.94. The van der Waals surface area contributed by atoms with E-state index in [2.05, 4.69) is 15.2 Å². The summed E-state index contributed by atoms with van der Waals surface area (Å²) in [6.07, 6.45) is 0.247. The Morgan fingerprint density at radius 1 is 1.11 bits per heavy atom. The number of methoxy groups -OCH3 is 1. The van der Waals surface area contributed by atoms with Crippen LogP contribution in [0.25, 0.3) is 5.69 Å². The average Bonchev–Trinajstić information content (AvgIpc) is 3.53. The smallest absolute Gasteiger partial charge is 0.419 e. The first-order valence-corrected chi connectivity index (χ1v) is 11.6. The van der Waals surface area contributed by atoms with E-state index in [0.29, 0.717) is 22.9 Å². The molecule has 3 aromatic rings. The summed E-state index contributed by atoms with van der Waals surface area (Å²) in [4.78, 5) is 23.5. The van der Waals surface area contributed by atoms with Gasteiger partial charge < -0.3 is 14.8 Å². The summed E-state index contributed by atoms with van der Waals surface area (Å²) in [6.45, 7) is 0.187. The van der Waals surface area contributed by atoms with Gasteiger partial charge in [-0.05, 0) is 54.3 Å². The maximum atomic E-state index is 12.8. The van der Waals surface area contributed by atoms with E-state index in [1.165, 1.54) is 11.8 Å². The quantitative estimate of drug-likeness (QED) is 0.391. The summed E-state index contributed by atoms with van der Waals surface area (Å²) in [5, 5.41) is 6.48. The Labute approximate surface area is 206 Å². The van der Waals surface area contributed by atoms with Crippen LogP contribution in [0.2, 0.25) is 0 Å². The van der Waals surface area contributed by atoms with Crippen LogP contribution in [-0.2, 0) is 15.7 Å². The summed E-state index contributed by atoms with van der Waals surface area (Å²) in [7, 11) is 1.30. The standard InChI is InChI=1S/C26H26F3N3O4/c1-35-24(33)12-13-30-25(34)19-6-4-18(5-7-19)23(14-17-2-3-17)36-22-10-8-21(9-11-22)32-16-20(15-31-32)26(27,28)29/h4-11,15-17,23H,2-3,12-14H2,1H3,(H,30,34). The number of hydrogen-bond acceptors (Lipinski definition) is 5. The van der Waals surface area contributed by atoms with E-state index in [-0.39, 0.29) is 25.0 Å². The number of nitrogens with zero attached hydrogens (tertiary/aromatic N) is 2. The molecule has 1 aliphatic rings. The molecular formula is C26H26F3N3O4. The van der Waals surface area contributed by atoms with Crippen molar-refractivity contribution >= 4 is 11.9 Å². The van der Waals surface area contributed by atoms with Crippen molar-refractivity contribution in [3.63, 3.8) is 0 Å². The van der Waals surface area contributed by atoms with E-state index in [4.69, 9.17) is 4.74 Å². The maximum Gasteiger partial charge on any atom is 0.419 e. The lowest BCUT2D eigenvalue weighted by molar-refractivity contribution is -0.140. The van der Waals surface area contributed by atoms with Crippen molar-refractivity contribution in [3.8, 4) is 11.4 Å². The van der Waals surface area contributed by atoms with Crippen LogP contribution in [0.5, 0.6) is 5.75 Å². The van der Waals surface area contributed by atoms with Crippen molar-refractivity contribution in [3.05, 3.63) is 77.6 Å². The Morgan fingerprint density at radius 2 is 1.81 bits per heavy atom. The molecule has 1 unspecified atom stereocenters. The van der Waals surface area contributed by atoms with Gasteiger partial charge in [-0.1, -0.05) is 25.0 Å². The lowest BCUT2D eigenvalue weighted by atomic mass is 10.0. The summed E-state index contributed by atoms with van der Waals surface area (Å²) in [5.74, 6) is 0.472. The van der Waals surface area contributed by atoms with E-state index in [9.17, 15) is 22.8 Å². The number of esters is 1. The van der Waals surface area contributed by atoms with Gasteiger partial charge in [0.15, 0.2) is 0 Å². The number of aromatic nitrogens is 2. The molecular weight excluding hydrogens is 475 g/mol. The number of carbonyl (C=O) groups is 2. The van der Waals surface area contributed by atoms with Gasteiger partial charge >= 0.3 is 12.1 Å². The van der Waals surface area contributed by atoms with E-state index in [0.717, 1.165) is 37.2 Å². The highest BCUT2D eigenvalue weighted by Gasteiger charge is 2.32. The molecule has 1 atom stereocenters. The third kappa shape index (κ3) is 6.65. The molecule has 7 nitrogen and oxygen atoms in total. The summed E-state index contributed by atoms with van der Waals surface area (Å²) in [5.41, 5.74) is 1.06. The normalized spacial score (nSPS) is 14.2. The second kappa shape index (κ2) is 10.8. The fraction of sp³-hybridized carbons (Fsp3) is 0.346. The lowest BCUT2D eigenvalue weighted by Gasteiger charge is -2.20. The molecule has 1 fully saturated rings. The number of amides is 1. The van der Waals surface area contributed by atoms with Crippen molar-refractivity contribution in [2.45, 2.75) is 38.0 Å². The van der Waals surface area contributed by atoms with Gasteiger partial charge in [0, 0.05) is 18.3 Å². The van der Waals surface area contributed by atoms with Crippen LogP contribution in [0.3, 0.4) is 0 Å². The fourth-order valence-electron chi connectivity index (χ4n) is 3.69. The van der Waals surface area contributed by atoms with Crippen molar-refractivity contribution < 1.29 is 32.2 Å². The van der Waals surface area contributed by atoms with Crippen molar-refractivity contribution in [1.82, 2.24) is 15.1 Å². The minimum atomic E-state index is -4.45. The highest BCUT2D eigenvalue weighted by Crippen LogP contribution is 2.39. The molecule has 2 aromatic carbocycles. The molecule has 0 bridgehead atoms. The number of ether oxygens (including phenoxy) is 2. The molecule has 0 radical (unpaired) electrons. The number of halogens is 3. The first-order chi connectivity index (χ1) is 17.2.